The van der Waals surface area contributed by atoms with E-state index in [1.807, 2.05) is 0 Å². The van der Waals surface area contributed by atoms with Gasteiger partial charge >= 0.3 is 12.1 Å². The van der Waals surface area contributed by atoms with Crippen LogP contribution in [0.3, 0.4) is 0 Å². The minimum Gasteiger partial charge on any atom is -0.477 e. The third-order valence-electron chi connectivity index (χ3n) is 2.65. The van der Waals surface area contributed by atoms with Crippen LogP contribution in [0.2, 0.25) is 0 Å². The molecule has 2 N–H and O–H groups in total. The van der Waals surface area contributed by atoms with Gasteiger partial charge in [0.15, 0.2) is 0 Å². The Kier molecular flexibility index (Phi) is 4.74. The summed E-state index contributed by atoms with van der Waals surface area (Å²) in [5.41, 5.74) is -1.17. The van der Waals surface area contributed by atoms with Gasteiger partial charge in [0.25, 0.3) is 10.0 Å². The van der Waals surface area contributed by atoms with Crippen molar-refractivity contribution < 1.29 is 31.5 Å². The third kappa shape index (κ3) is 3.85. The molecule has 2 rings (SSSR count). The molecule has 0 saturated carbocycles. The lowest BCUT2D eigenvalue weighted by Crippen LogP contribution is -2.15. The first-order valence-corrected chi connectivity index (χ1v) is 8.88. The molecule has 0 saturated heterocycles. The second-order valence-electron chi connectivity index (χ2n) is 4.22. The second kappa shape index (κ2) is 6.13. The number of alkyl halides is 3. The van der Waals surface area contributed by atoms with Crippen molar-refractivity contribution in [2.45, 2.75) is 11.1 Å². The summed E-state index contributed by atoms with van der Waals surface area (Å²) in [7, 11) is -4.25. The number of hydrogen-bond donors (Lipinski definition) is 2. The molecule has 0 spiro atoms. The Bertz CT molecular complexity index is 861. The first-order valence-electron chi connectivity index (χ1n) is 5.73. The van der Waals surface area contributed by atoms with Gasteiger partial charge in [-0.3, -0.25) is 4.72 Å². The van der Waals surface area contributed by atoms with Crippen LogP contribution < -0.4 is 4.72 Å². The Hall–Kier alpha value is -1.59. The van der Waals surface area contributed by atoms with Gasteiger partial charge in [0.2, 0.25) is 0 Å². The second-order valence-corrected chi connectivity index (χ2v) is 7.64. The number of hydrogen-bond acceptors (Lipinski definition) is 4. The maximum absolute atomic E-state index is 12.6. The number of sulfonamides is 1. The third-order valence-corrected chi connectivity index (χ3v) is 5.90. The van der Waals surface area contributed by atoms with Crippen LogP contribution >= 0.6 is 27.3 Å². The van der Waals surface area contributed by atoms with E-state index in [2.05, 4.69) is 20.7 Å². The standard InChI is InChI=1S/C12H7BrF3NO4S2/c13-7-5-6(12(14,15)16)1-2-9(7)23(20,21)17-8-3-4-22-10(8)11(18)19/h1-5,17H,(H,18,19). The Labute approximate surface area is 140 Å². The van der Waals surface area contributed by atoms with E-state index in [0.717, 1.165) is 17.4 Å². The molecular formula is C12H7BrF3NO4S2. The van der Waals surface area contributed by atoms with Gasteiger partial charge in [-0.1, -0.05) is 0 Å². The van der Waals surface area contributed by atoms with Crippen LogP contribution in [0.25, 0.3) is 0 Å². The first kappa shape index (κ1) is 17.8. The van der Waals surface area contributed by atoms with Crippen LogP contribution in [0.5, 0.6) is 0 Å². The van der Waals surface area contributed by atoms with Crippen molar-refractivity contribution in [3.05, 3.63) is 44.6 Å². The van der Waals surface area contributed by atoms with Gasteiger partial charge < -0.3 is 5.11 Å². The molecular weight excluding hydrogens is 423 g/mol. The number of carboxylic acid groups (broad SMARTS) is 1. The average molecular weight is 430 g/mol. The molecule has 23 heavy (non-hydrogen) atoms. The van der Waals surface area contributed by atoms with E-state index in [-0.39, 0.29) is 15.0 Å². The minimum absolute atomic E-state index is 0.158. The highest BCUT2D eigenvalue weighted by Gasteiger charge is 2.32. The molecule has 0 aliphatic carbocycles. The number of thiophene rings is 1. The molecule has 1 aromatic carbocycles. The van der Waals surface area contributed by atoms with E-state index < -0.39 is 32.6 Å². The summed E-state index contributed by atoms with van der Waals surface area (Å²) in [6, 6.07) is 3.32. The number of nitrogens with one attached hydrogen (secondary N) is 1. The molecule has 0 aliphatic rings. The number of carbonyl (C=O) groups is 1. The number of rotatable bonds is 4. The fourth-order valence-corrected chi connectivity index (χ4v) is 4.55. The quantitative estimate of drug-likeness (QED) is 0.768. The normalized spacial score (nSPS) is 12.2. The summed E-state index contributed by atoms with van der Waals surface area (Å²) < 4.78 is 64.0. The van der Waals surface area contributed by atoms with Gasteiger partial charge in [-0.2, -0.15) is 13.2 Å². The Morgan fingerprint density at radius 1 is 1.26 bits per heavy atom. The first-order chi connectivity index (χ1) is 10.5. The Balaban J connectivity index is 2.41. The summed E-state index contributed by atoms with van der Waals surface area (Å²) in [6.07, 6.45) is -4.61. The predicted octanol–water partition coefficient (Wildman–Crippen LogP) is 4.03. The van der Waals surface area contributed by atoms with E-state index >= 15 is 0 Å². The fraction of sp³-hybridized carbons (Fsp3) is 0.0833. The van der Waals surface area contributed by atoms with E-state index in [0.29, 0.717) is 12.1 Å². The van der Waals surface area contributed by atoms with Gasteiger partial charge in [0.05, 0.1) is 11.3 Å². The molecule has 11 heteroatoms. The molecule has 0 radical (unpaired) electrons. The maximum atomic E-state index is 12.6. The molecule has 0 aliphatic heterocycles. The Morgan fingerprint density at radius 3 is 2.43 bits per heavy atom. The van der Waals surface area contributed by atoms with Gasteiger partial charge in [-0.15, -0.1) is 11.3 Å². The maximum Gasteiger partial charge on any atom is 0.416 e. The number of carboxylic acids is 1. The van der Waals surface area contributed by atoms with E-state index in [9.17, 15) is 26.4 Å². The molecule has 0 bridgehead atoms. The van der Waals surface area contributed by atoms with Crippen molar-refractivity contribution in [3.63, 3.8) is 0 Å². The highest BCUT2D eigenvalue weighted by Crippen LogP contribution is 2.34. The lowest BCUT2D eigenvalue weighted by Gasteiger charge is -2.12. The highest BCUT2D eigenvalue weighted by atomic mass is 79.9. The van der Waals surface area contributed by atoms with Crippen LogP contribution in [-0.2, 0) is 16.2 Å². The van der Waals surface area contributed by atoms with Crippen LogP contribution in [0.15, 0.2) is 39.0 Å². The van der Waals surface area contributed by atoms with Gasteiger partial charge in [0.1, 0.15) is 9.77 Å². The summed E-state index contributed by atoms with van der Waals surface area (Å²) in [5, 5.41) is 10.3. The number of aromatic carboxylic acids is 1. The van der Waals surface area contributed by atoms with Crippen molar-refractivity contribution in [2.24, 2.45) is 0 Å². The highest BCUT2D eigenvalue weighted by molar-refractivity contribution is 9.10. The average Bonchev–Trinajstić information content (AvgIpc) is 2.84. The zero-order valence-corrected chi connectivity index (χ0v) is 14.1. The molecule has 0 atom stereocenters. The van der Waals surface area contributed by atoms with Gasteiger partial charge in [0, 0.05) is 4.47 Å². The number of halogens is 4. The zero-order valence-electron chi connectivity index (χ0n) is 10.9. The van der Waals surface area contributed by atoms with Crippen LogP contribution in [0, 0.1) is 0 Å². The summed E-state index contributed by atoms with van der Waals surface area (Å²) in [4.78, 5) is 10.3. The smallest absolute Gasteiger partial charge is 0.416 e. The lowest BCUT2D eigenvalue weighted by atomic mass is 10.2. The monoisotopic (exact) mass is 429 g/mol. The largest absolute Gasteiger partial charge is 0.477 e. The molecule has 0 amide bonds. The van der Waals surface area contributed by atoms with Crippen molar-refractivity contribution in [1.82, 2.24) is 0 Å². The van der Waals surface area contributed by atoms with Crippen molar-refractivity contribution in [1.29, 1.82) is 0 Å². The van der Waals surface area contributed by atoms with E-state index in [1.165, 1.54) is 11.4 Å². The van der Waals surface area contributed by atoms with Crippen LogP contribution in [-0.4, -0.2) is 19.5 Å². The zero-order chi connectivity index (χ0) is 17.4. The van der Waals surface area contributed by atoms with Crippen molar-refractivity contribution in [2.75, 3.05) is 4.72 Å². The molecule has 1 aromatic heterocycles. The van der Waals surface area contributed by atoms with Gasteiger partial charge in [-0.25, -0.2) is 13.2 Å². The van der Waals surface area contributed by atoms with E-state index in [4.69, 9.17) is 5.11 Å². The minimum atomic E-state index is -4.61. The number of anilines is 1. The fourth-order valence-electron chi connectivity index (χ4n) is 1.65. The van der Waals surface area contributed by atoms with Crippen LogP contribution in [0.4, 0.5) is 18.9 Å². The van der Waals surface area contributed by atoms with Crippen molar-refractivity contribution >= 4 is 48.9 Å². The summed E-state index contributed by atoms with van der Waals surface area (Å²) in [6.45, 7) is 0. The molecule has 124 valence electrons. The molecule has 2 aromatic rings. The molecule has 1 heterocycles. The molecule has 5 nitrogen and oxygen atoms in total. The molecule has 0 fully saturated rings. The lowest BCUT2D eigenvalue weighted by molar-refractivity contribution is -0.137. The van der Waals surface area contributed by atoms with Crippen molar-refractivity contribution in [3.8, 4) is 0 Å². The Morgan fingerprint density at radius 2 is 1.91 bits per heavy atom. The van der Waals surface area contributed by atoms with E-state index in [1.54, 1.807) is 0 Å². The predicted molar refractivity (Wildman–Crippen MR) is 81.2 cm³/mol. The number of benzene rings is 1. The molecule has 0 unspecified atom stereocenters. The SMILES string of the molecule is O=C(O)c1sccc1NS(=O)(=O)c1ccc(C(F)(F)F)cc1Br. The summed E-state index contributed by atoms with van der Waals surface area (Å²) in [5.74, 6) is -1.32. The topological polar surface area (TPSA) is 83.5 Å². The summed E-state index contributed by atoms with van der Waals surface area (Å²) >= 11 is 3.61. The van der Waals surface area contributed by atoms with Crippen LogP contribution in [0.1, 0.15) is 15.2 Å². The van der Waals surface area contributed by atoms with Gasteiger partial charge in [-0.05, 0) is 45.6 Å².